The van der Waals surface area contributed by atoms with Gasteiger partial charge >= 0.3 is 5.97 Å². The van der Waals surface area contributed by atoms with Gasteiger partial charge in [0.15, 0.2) is 0 Å². The summed E-state index contributed by atoms with van der Waals surface area (Å²) in [6, 6.07) is 0. The van der Waals surface area contributed by atoms with E-state index in [2.05, 4.69) is 22.3 Å². The molecule has 2 atom stereocenters. The first-order chi connectivity index (χ1) is 8.64. The van der Waals surface area contributed by atoms with Gasteiger partial charge in [-0.1, -0.05) is 12.0 Å². The molecule has 1 aliphatic heterocycles. The Hall–Kier alpha value is -0.910. The lowest BCUT2D eigenvalue weighted by Gasteiger charge is -2.27. The molecule has 102 valence electrons. The Labute approximate surface area is 111 Å². The van der Waals surface area contributed by atoms with E-state index in [1.165, 1.54) is 0 Å². The second kappa shape index (κ2) is 7.51. The van der Waals surface area contributed by atoms with Crippen LogP contribution >= 0.6 is 11.8 Å². The summed E-state index contributed by atoms with van der Waals surface area (Å²) in [5, 5.41) is 7.22. The fourth-order valence-electron chi connectivity index (χ4n) is 2.02. The van der Waals surface area contributed by atoms with Crippen molar-refractivity contribution in [3.05, 3.63) is 10.4 Å². The van der Waals surface area contributed by atoms with Crippen LogP contribution in [0, 0.1) is 0 Å². The Balaban J connectivity index is 2.50. The molecule has 1 fully saturated rings. The minimum Gasteiger partial charge on any atom is -0.465 e. The van der Waals surface area contributed by atoms with Gasteiger partial charge in [-0.05, 0) is 31.8 Å². The van der Waals surface area contributed by atoms with Crippen LogP contribution in [0.25, 0.3) is 10.4 Å². The Morgan fingerprint density at radius 2 is 2.50 bits per heavy atom. The van der Waals surface area contributed by atoms with Crippen LogP contribution in [0.1, 0.15) is 26.7 Å². The highest BCUT2D eigenvalue weighted by Crippen LogP contribution is 2.35. The van der Waals surface area contributed by atoms with E-state index in [0.717, 1.165) is 18.6 Å². The smallest absolute Gasteiger partial charge is 0.327 e. The molecule has 1 heterocycles. The summed E-state index contributed by atoms with van der Waals surface area (Å²) in [7, 11) is 0. The highest BCUT2D eigenvalue weighted by atomic mass is 32.2. The Bertz CT molecular complexity index is 333. The van der Waals surface area contributed by atoms with Crippen molar-refractivity contribution < 1.29 is 9.53 Å². The molecule has 0 aliphatic carbocycles. The summed E-state index contributed by atoms with van der Waals surface area (Å²) in [6.45, 7) is 5.45. The van der Waals surface area contributed by atoms with E-state index in [1.54, 1.807) is 11.8 Å². The van der Waals surface area contributed by atoms with Crippen LogP contribution < -0.4 is 5.32 Å². The van der Waals surface area contributed by atoms with Gasteiger partial charge in [0.2, 0.25) is 0 Å². The standard InChI is InChI=1S/C11H20N4O2S/c1-3-17-10(16)11(7-9(2)18-8-11)13-5-4-6-14-15-12/h9,13H,3-8H2,1-2H3. The zero-order valence-electron chi connectivity index (χ0n) is 10.9. The van der Waals surface area contributed by atoms with Crippen molar-refractivity contribution in [2.45, 2.75) is 37.5 Å². The number of nitrogens with one attached hydrogen (secondary N) is 1. The zero-order chi connectivity index (χ0) is 13.4. The van der Waals surface area contributed by atoms with E-state index in [4.69, 9.17) is 10.3 Å². The zero-order valence-corrected chi connectivity index (χ0v) is 11.7. The van der Waals surface area contributed by atoms with E-state index in [0.29, 0.717) is 24.9 Å². The molecule has 1 aliphatic rings. The number of azide groups is 1. The second-order valence-corrected chi connectivity index (χ2v) is 5.79. The predicted molar refractivity (Wildman–Crippen MR) is 72.5 cm³/mol. The third-order valence-electron chi connectivity index (χ3n) is 2.88. The number of esters is 1. The number of hydrogen-bond acceptors (Lipinski definition) is 5. The van der Waals surface area contributed by atoms with Crippen LogP contribution in [0.15, 0.2) is 5.11 Å². The van der Waals surface area contributed by atoms with E-state index in [-0.39, 0.29) is 5.97 Å². The molecule has 0 radical (unpaired) electrons. The predicted octanol–water partition coefficient (Wildman–Crippen LogP) is 2.10. The van der Waals surface area contributed by atoms with Gasteiger partial charge < -0.3 is 10.1 Å². The Morgan fingerprint density at radius 3 is 3.06 bits per heavy atom. The van der Waals surface area contributed by atoms with Crippen molar-refractivity contribution in [2.75, 3.05) is 25.4 Å². The number of hydrogen-bond donors (Lipinski definition) is 1. The van der Waals surface area contributed by atoms with Gasteiger partial charge in [0.1, 0.15) is 5.54 Å². The average Bonchev–Trinajstić information content (AvgIpc) is 2.72. The average molecular weight is 272 g/mol. The van der Waals surface area contributed by atoms with Crippen LogP contribution in [0.2, 0.25) is 0 Å². The molecular formula is C11H20N4O2S. The summed E-state index contributed by atoms with van der Waals surface area (Å²) < 4.78 is 5.16. The Kier molecular flexibility index (Phi) is 6.32. The lowest BCUT2D eigenvalue weighted by Crippen LogP contribution is -2.54. The minimum absolute atomic E-state index is 0.161. The third kappa shape index (κ3) is 4.08. The van der Waals surface area contributed by atoms with Gasteiger partial charge in [-0.15, -0.1) is 0 Å². The van der Waals surface area contributed by atoms with Crippen LogP contribution in [-0.2, 0) is 9.53 Å². The first kappa shape index (κ1) is 15.1. The molecule has 1 N–H and O–H groups in total. The van der Waals surface area contributed by atoms with Crippen molar-refractivity contribution in [1.82, 2.24) is 5.32 Å². The SMILES string of the molecule is CCOC(=O)C1(NCCCN=[N+]=[N-])CSC(C)C1. The van der Waals surface area contributed by atoms with Gasteiger partial charge in [0.25, 0.3) is 0 Å². The fraction of sp³-hybridized carbons (Fsp3) is 0.909. The first-order valence-corrected chi connectivity index (χ1v) is 7.24. The molecule has 0 aromatic rings. The molecular weight excluding hydrogens is 252 g/mol. The summed E-state index contributed by atoms with van der Waals surface area (Å²) >= 11 is 1.78. The van der Waals surface area contributed by atoms with Crippen molar-refractivity contribution >= 4 is 17.7 Å². The summed E-state index contributed by atoms with van der Waals surface area (Å²) in [4.78, 5) is 14.8. The second-order valence-electron chi connectivity index (χ2n) is 4.36. The van der Waals surface area contributed by atoms with Gasteiger partial charge in [0.05, 0.1) is 6.61 Å². The minimum atomic E-state index is -0.559. The van der Waals surface area contributed by atoms with E-state index < -0.39 is 5.54 Å². The summed E-state index contributed by atoms with van der Waals surface area (Å²) in [6.07, 6.45) is 1.52. The molecule has 0 spiro atoms. The molecule has 0 aromatic carbocycles. The monoisotopic (exact) mass is 272 g/mol. The highest BCUT2D eigenvalue weighted by molar-refractivity contribution is 8.00. The Morgan fingerprint density at radius 1 is 1.72 bits per heavy atom. The van der Waals surface area contributed by atoms with Crippen LogP contribution in [0.5, 0.6) is 0 Å². The molecule has 1 saturated heterocycles. The van der Waals surface area contributed by atoms with Crippen molar-refractivity contribution in [1.29, 1.82) is 0 Å². The molecule has 7 heteroatoms. The van der Waals surface area contributed by atoms with Gasteiger partial charge in [0, 0.05) is 22.5 Å². The topological polar surface area (TPSA) is 87.1 Å². The molecule has 2 unspecified atom stereocenters. The summed E-state index contributed by atoms with van der Waals surface area (Å²) in [5.41, 5.74) is 7.62. The number of thioether (sulfide) groups is 1. The molecule has 6 nitrogen and oxygen atoms in total. The highest BCUT2D eigenvalue weighted by Gasteiger charge is 2.45. The van der Waals surface area contributed by atoms with Gasteiger partial charge in [-0.25, -0.2) is 0 Å². The van der Waals surface area contributed by atoms with Crippen LogP contribution in [0.4, 0.5) is 0 Å². The molecule has 0 bridgehead atoms. The number of carbonyl (C=O) groups is 1. The first-order valence-electron chi connectivity index (χ1n) is 6.19. The van der Waals surface area contributed by atoms with Crippen LogP contribution in [-0.4, -0.2) is 42.2 Å². The number of ether oxygens (including phenoxy) is 1. The fourth-order valence-corrected chi connectivity index (χ4v) is 3.33. The quantitative estimate of drug-likeness (QED) is 0.253. The number of nitrogens with zero attached hydrogens (tertiary/aromatic N) is 3. The summed E-state index contributed by atoms with van der Waals surface area (Å²) in [5.74, 6) is 0.583. The largest absolute Gasteiger partial charge is 0.465 e. The normalized spacial score (nSPS) is 26.7. The van der Waals surface area contributed by atoms with E-state index in [9.17, 15) is 4.79 Å². The lowest BCUT2D eigenvalue weighted by atomic mass is 9.96. The number of carbonyl (C=O) groups excluding carboxylic acids is 1. The van der Waals surface area contributed by atoms with Gasteiger partial charge in [-0.3, -0.25) is 4.79 Å². The van der Waals surface area contributed by atoms with Crippen molar-refractivity contribution in [3.8, 4) is 0 Å². The third-order valence-corrected chi connectivity index (χ3v) is 4.27. The van der Waals surface area contributed by atoms with Crippen molar-refractivity contribution in [2.24, 2.45) is 5.11 Å². The van der Waals surface area contributed by atoms with Crippen molar-refractivity contribution in [3.63, 3.8) is 0 Å². The van der Waals surface area contributed by atoms with Crippen LogP contribution in [0.3, 0.4) is 0 Å². The molecule has 0 saturated carbocycles. The van der Waals surface area contributed by atoms with Gasteiger partial charge in [-0.2, -0.15) is 11.8 Å². The molecule has 18 heavy (non-hydrogen) atoms. The maximum absolute atomic E-state index is 12.1. The molecule has 0 amide bonds. The number of rotatable bonds is 7. The molecule has 1 rings (SSSR count). The maximum atomic E-state index is 12.1. The van der Waals surface area contributed by atoms with E-state index >= 15 is 0 Å². The maximum Gasteiger partial charge on any atom is 0.327 e. The molecule has 0 aromatic heterocycles. The van der Waals surface area contributed by atoms with E-state index in [1.807, 2.05) is 6.92 Å². The lowest BCUT2D eigenvalue weighted by molar-refractivity contribution is -0.150.